The predicted octanol–water partition coefficient (Wildman–Crippen LogP) is 2.74. The summed E-state index contributed by atoms with van der Waals surface area (Å²) in [5.74, 6) is 0. The molecule has 2 atom stereocenters. The molecule has 0 aliphatic rings. The van der Waals surface area contributed by atoms with Gasteiger partial charge in [-0.3, -0.25) is 0 Å². The smallest absolute Gasteiger partial charge is 0.407 e. The average molecular weight is 274 g/mol. The lowest BCUT2D eigenvalue weighted by Gasteiger charge is -2.11. The lowest BCUT2D eigenvalue weighted by atomic mass is 10.2. The quantitative estimate of drug-likeness (QED) is 0.639. The van der Waals surface area contributed by atoms with Crippen molar-refractivity contribution in [3.05, 3.63) is 48.0 Å². The highest BCUT2D eigenvalue weighted by Crippen LogP contribution is 2.01. The Labute approximate surface area is 118 Å². The van der Waals surface area contributed by atoms with Crippen LogP contribution in [-0.2, 0) is 16.1 Å². The second kappa shape index (κ2) is 8.59. The molecule has 0 aromatic heterocycles. The zero-order chi connectivity index (χ0) is 14.8. The number of rotatable bonds is 6. The lowest BCUT2D eigenvalue weighted by Crippen LogP contribution is -2.31. The topological polar surface area (TPSA) is 71.3 Å². The third kappa shape index (κ3) is 6.45. The molecule has 1 amide bonds. The van der Waals surface area contributed by atoms with Gasteiger partial charge in [0.15, 0.2) is 0 Å². The van der Waals surface area contributed by atoms with Gasteiger partial charge >= 0.3 is 6.09 Å². The van der Waals surface area contributed by atoms with Crippen molar-refractivity contribution >= 4 is 6.09 Å². The summed E-state index contributed by atoms with van der Waals surface area (Å²) in [6.07, 6.45) is 4.25. The highest BCUT2D eigenvalue weighted by Gasteiger charge is 2.06. The van der Waals surface area contributed by atoms with E-state index in [4.69, 9.17) is 10.00 Å². The molecule has 1 aromatic rings. The fraction of sp³-hybridized carbons (Fsp3) is 0.333. The summed E-state index contributed by atoms with van der Waals surface area (Å²) in [5, 5.41) is 11.0. The normalized spacial score (nSPS) is 13.2. The van der Waals surface area contributed by atoms with Crippen molar-refractivity contribution < 1.29 is 14.3 Å². The molecule has 1 rings (SSSR count). The molecule has 1 N–H and O–H groups in total. The molecule has 20 heavy (non-hydrogen) atoms. The third-order valence-corrected chi connectivity index (χ3v) is 2.47. The Kier molecular flexibility index (Phi) is 6.69. The van der Waals surface area contributed by atoms with Gasteiger partial charge in [-0.1, -0.05) is 36.4 Å². The van der Waals surface area contributed by atoms with Crippen molar-refractivity contribution in [1.82, 2.24) is 5.32 Å². The maximum Gasteiger partial charge on any atom is 0.407 e. The minimum atomic E-state index is -0.486. The fourth-order valence-electron chi connectivity index (χ4n) is 1.44. The first kappa shape index (κ1) is 15.6. The summed E-state index contributed by atoms with van der Waals surface area (Å²) in [6, 6.07) is 9.25. The van der Waals surface area contributed by atoms with Crippen LogP contribution >= 0.6 is 0 Å². The highest BCUT2D eigenvalue weighted by molar-refractivity contribution is 5.67. The average Bonchev–Trinajstić information content (AvgIpc) is 2.44. The van der Waals surface area contributed by atoms with Gasteiger partial charge in [0.2, 0.25) is 0 Å². The number of nitrogens with zero attached hydrogens (tertiary/aromatic N) is 1. The van der Waals surface area contributed by atoms with Gasteiger partial charge in [-0.15, -0.1) is 0 Å². The van der Waals surface area contributed by atoms with E-state index in [2.05, 4.69) is 10.1 Å². The summed E-state index contributed by atoms with van der Waals surface area (Å²) in [4.78, 5) is 11.5. The molecule has 0 aliphatic carbocycles. The highest BCUT2D eigenvalue weighted by atomic mass is 16.5. The molecule has 0 aliphatic heterocycles. The van der Waals surface area contributed by atoms with Crippen LogP contribution in [0.5, 0.6) is 0 Å². The summed E-state index contributed by atoms with van der Waals surface area (Å²) < 4.78 is 9.76. The fourth-order valence-corrected chi connectivity index (χ4v) is 1.44. The van der Waals surface area contributed by atoms with Gasteiger partial charge in [-0.05, 0) is 25.5 Å². The maximum atomic E-state index is 11.5. The summed E-state index contributed by atoms with van der Waals surface area (Å²) in [6.45, 7) is 3.77. The van der Waals surface area contributed by atoms with E-state index < -0.39 is 6.09 Å². The van der Waals surface area contributed by atoms with Gasteiger partial charge in [-0.25, -0.2) is 4.79 Å². The van der Waals surface area contributed by atoms with Crippen LogP contribution in [0.25, 0.3) is 0 Å². The Morgan fingerprint density at radius 1 is 1.35 bits per heavy atom. The zero-order valence-corrected chi connectivity index (χ0v) is 11.6. The van der Waals surface area contributed by atoms with Crippen molar-refractivity contribution in [1.29, 1.82) is 5.26 Å². The van der Waals surface area contributed by atoms with Gasteiger partial charge in [-0.2, -0.15) is 5.26 Å². The molecule has 0 heterocycles. The standard InChI is InChI=1S/C15H18N2O3/c1-12(8-9-13(2)20-11-16)17-15(18)19-10-14-6-4-3-5-7-14/h3-9,12-13H,10H2,1-2H3,(H,17,18)/t12-,13+/m1/s1. The molecule has 0 unspecified atom stereocenters. The monoisotopic (exact) mass is 274 g/mol. The Balaban J connectivity index is 2.30. The number of alkyl carbamates (subject to hydrolysis) is 1. The van der Waals surface area contributed by atoms with Crippen molar-refractivity contribution in [3.8, 4) is 6.26 Å². The molecular formula is C15H18N2O3. The lowest BCUT2D eigenvalue weighted by molar-refractivity contribution is 0.138. The van der Waals surface area contributed by atoms with Gasteiger partial charge in [0.1, 0.15) is 12.7 Å². The van der Waals surface area contributed by atoms with Crippen LogP contribution in [0.4, 0.5) is 4.79 Å². The van der Waals surface area contributed by atoms with E-state index in [1.807, 2.05) is 30.3 Å². The molecule has 5 nitrogen and oxygen atoms in total. The second-order valence-corrected chi connectivity index (χ2v) is 4.29. The summed E-state index contributed by atoms with van der Waals surface area (Å²) in [5.41, 5.74) is 0.932. The summed E-state index contributed by atoms with van der Waals surface area (Å²) in [7, 11) is 0. The molecular weight excluding hydrogens is 256 g/mol. The minimum Gasteiger partial charge on any atom is -0.445 e. The van der Waals surface area contributed by atoms with Crippen LogP contribution in [0.3, 0.4) is 0 Å². The number of ether oxygens (including phenoxy) is 2. The number of carbonyl (C=O) groups excluding carboxylic acids is 1. The zero-order valence-electron chi connectivity index (χ0n) is 11.6. The molecule has 0 bridgehead atoms. The molecule has 0 radical (unpaired) electrons. The van der Waals surface area contributed by atoms with E-state index in [0.717, 1.165) is 5.56 Å². The molecule has 0 saturated carbocycles. The molecule has 0 fully saturated rings. The van der Waals surface area contributed by atoms with Gasteiger partial charge in [0.25, 0.3) is 6.26 Å². The first-order chi connectivity index (χ1) is 9.61. The molecule has 106 valence electrons. The number of nitriles is 1. The number of nitrogens with one attached hydrogen (secondary N) is 1. The van der Waals surface area contributed by atoms with Gasteiger partial charge in [0.05, 0.1) is 0 Å². The van der Waals surface area contributed by atoms with Gasteiger partial charge < -0.3 is 14.8 Å². The van der Waals surface area contributed by atoms with Crippen LogP contribution in [-0.4, -0.2) is 18.2 Å². The first-order valence-corrected chi connectivity index (χ1v) is 6.32. The third-order valence-electron chi connectivity index (χ3n) is 2.47. The first-order valence-electron chi connectivity index (χ1n) is 6.32. The van der Waals surface area contributed by atoms with Crippen molar-refractivity contribution in [2.75, 3.05) is 0 Å². The molecule has 0 saturated heterocycles. The number of hydrogen-bond donors (Lipinski definition) is 1. The number of carbonyl (C=O) groups is 1. The molecule has 1 aromatic carbocycles. The number of amides is 1. The van der Waals surface area contributed by atoms with Crippen molar-refractivity contribution in [2.45, 2.75) is 32.6 Å². The largest absolute Gasteiger partial charge is 0.445 e. The Morgan fingerprint density at radius 2 is 2.05 bits per heavy atom. The SMILES string of the molecule is C[C@H](C=C[C@H](C)OC#N)NC(=O)OCc1ccccc1. The second-order valence-electron chi connectivity index (χ2n) is 4.29. The maximum absolute atomic E-state index is 11.5. The van der Waals surface area contributed by atoms with E-state index >= 15 is 0 Å². The van der Waals surface area contributed by atoms with E-state index in [9.17, 15) is 4.79 Å². The van der Waals surface area contributed by atoms with E-state index in [-0.39, 0.29) is 18.8 Å². The Hall–Kier alpha value is -2.48. The van der Waals surface area contributed by atoms with Crippen LogP contribution in [0.2, 0.25) is 0 Å². The van der Waals surface area contributed by atoms with Crippen LogP contribution in [0.15, 0.2) is 42.5 Å². The van der Waals surface area contributed by atoms with Crippen molar-refractivity contribution in [3.63, 3.8) is 0 Å². The van der Waals surface area contributed by atoms with Crippen LogP contribution in [0, 0.1) is 11.5 Å². The van der Waals surface area contributed by atoms with E-state index in [1.165, 1.54) is 0 Å². The van der Waals surface area contributed by atoms with E-state index in [0.29, 0.717) is 0 Å². The Morgan fingerprint density at radius 3 is 2.70 bits per heavy atom. The summed E-state index contributed by atoms with van der Waals surface area (Å²) >= 11 is 0. The van der Waals surface area contributed by atoms with Crippen LogP contribution in [0.1, 0.15) is 19.4 Å². The Bertz CT molecular complexity index is 480. The van der Waals surface area contributed by atoms with E-state index in [1.54, 1.807) is 32.3 Å². The number of benzene rings is 1. The minimum absolute atomic E-state index is 0.206. The predicted molar refractivity (Wildman–Crippen MR) is 74.5 cm³/mol. The van der Waals surface area contributed by atoms with Gasteiger partial charge in [0, 0.05) is 6.04 Å². The van der Waals surface area contributed by atoms with Crippen molar-refractivity contribution in [2.24, 2.45) is 0 Å². The molecule has 0 spiro atoms. The van der Waals surface area contributed by atoms with Crippen LogP contribution < -0.4 is 5.32 Å². The molecule has 5 heteroatoms. The number of hydrogen-bond acceptors (Lipinski definition) is 4.